The van der Waals surface area contributed by atoms with Gasteiger partial charge in [-0.25, -0.2) is 0 Å². The first-order valence-corrected chi connectivity index (χ1v) is 5.42. The van der Waals surface area contributed by atoms with Gasteiger partial charge in [0.1, 0.15) is 6.10 Å². The monoisotopic (exact) mass is 254 g/mol. The molecule has 0 heterocycles. The lowest BCUT2D eigenvalue weighted by Crippen LogP contribution is -2.04. The average Bonchev–Trinajstić information content (AvgIpc) is 2.49. The largest absolute Gasteiger partial charge is 0.458 e. The fourth-order valence-corrected chi connectivity index (χ4v) is 2.47. The lowest BCUT2D eigenvalue weighted by Gasteiger charge is -2.11. The van der Waals surface area contributed by atoms with Crippen molar-refractivity contribution in [2.24, 2.45) is 0 Å². The van der Waals surface area contributed by atoms with Crippen LogP contribution in [0.5, 0.6) is 0 Å². The Morgan fingerprint density at radius 3 is 3.07 bits per heavy atom. The zero-order valence-electron chi connectivity index (χ0n) is 7.92. The highest BCUT2D eigenvalue weighted by molar-refractivity contribution is 9.10. The predicted molar refractivity (Wildman–Crippen MR) is 57.0 cm³/mol. The lowest BCUT2D eigenvalue weighted by molar-refractivity contribution is -0.146. The van der Waals surface area contributed by atoms with Crippen LogP contribution in [0, 0.1) is 0 Å². The summed E-state index contributed by atoms with van der Waals surface area (Å²) in [6.45, 7) is 1.45. The SMILES string of the molecule is CC(=O)O[C@H]1CCc2c(Br)cccc21. The molecule has 1 aromatic carbocycles. The molecule has 0 saturated heterocycles. The number of hydrogen-bond acceptors (Lipinski definition) is 2. The molecule has 0 aromatic heterocycles. The van der Waals surface area contributed by atoms with E-state index in [-0.39, 0.29) is 12.1 Å². The fourth-order valence-electron chi connectivity index (χ4n) is 1.89. The Labute approximate surface area is 91.4 Å². The first-order chi connectivity index (χ1) is 6.68. The second-order valence-electron chi connectivity index (χ2n) is 3.44. The molecule has 0 bridgehead atoms. The molecule has 1 aromatic rings. The van der Waals surface area contributed by atoms with Crippen molar-refractivity contribution in [3.05, 3.63) is 33.8 Å². The van der Waals surface area contributed by atoms with E-state index in [1.165, 1.54) is 12.5 Å². The quantitative estimate of drug-likeness (QED) is 0.721. The second-order valence-corrected chi connectivity index (χ2v) is 4.30. The van der Waals surface area contributed by atoms with Crippen molar-refractivity contribution in [1.82, 2.24) is 0 Å². The van der Waals surface area contributed by atoms with Crippen LogP contribution in [-0.2, 0) is 16.0 Å². The molecule has 74 valence electrons. The topological polar surface area (TPSA) is 26.3 Å². The summed E-state index contributed by atoms with van der Waals surface area (Å²) in [7, 11) is 0. The van der Waals surface area contributed by atoms with Crippen molar-refractivity contribution in [3.8, 4) is 0 Å². The lowest BCUT2D eigenvalue weighted by atomic mass is 10.1. The first kappa shape index (κ1) is 9.71. The van der Waals surface area contributed by atoms with E-state index in [2.05, 4.69) is 15.9 Å². The van der Waals surface area contributed by atoms with E-state index in [1.807, 2.05) is 18.2 Å². The number of hydrogen-bond donors (Lipinski definition) is 0. The van der Waals surface area contributed by atoms with E-state index in [9.17, 15) is 4.79 Å². The molecule has 2 rings (SSSR count). The third-order valence-corrected chi connectivity index (χ3v) is 3.21. The summed E-state index contributed by atoms with van der Waals surface area (Å²) in [6, 6.07) is 6.03. The van der Waals surface area contributed by atoms with Crippen LogP contribution >= 0.6 is 15.9 Å². The van der Waals surface area contributed by atoms with Crippen LogP contribution in [0.1, 0.15) is 30.6 Å². The average molecular weight is 255 g/mol. The van der Waals surface area contributed by atoms with Gasteiger partial charge in [0.05, 0.1) is 0 Å². The van der Waals surface area contributed by atoms with Crippen molar-refractivity contribution in [2.45, 2.75) is 25.9 Å². The van der Waals surface area contributed by atoms with E-state index in [1.54, 1.807) is 0 Å². The molecule has 2 nitrogen and oxygen atoms in total. The Morgan fingerprint density at radius 1 is 1.57 bits per heavy atom. The van der Waals surface area contributed by atoms with Crippen molar-refractivity contribution in [2.75, 3.05) is 0 Å². The maximum absolute atomic E-state index is 10.9. The molecular weight excluding hydrogens is 244 g/mol. The van der Waals surface area contributed by atoms with Gasteiger partial charge >= 0.3 is 5.97 Å². The van der Waals surface area contributed by atoms with Gasteiger partial charge in [0.25, 0.3) is 0 Å². The van der Waals surface area contributed by atoms with Gasteiger partial charge in [0.2, 0.25) is 0 Å². The zero-order valence-corrected chi connectivity index (χ0v) is 9.50. The van der Waals surface area contributed by atoms with Crippen LogP contribution in [0.4, 0.5) is 0 Å². The molecule has 1 aliphatic rings. The van der Waals surface area contributed by atoms with Crippen LogP contribution < -0.4 is 0 Å². The number of halogens is 1. The standard InChI is InChI=1S/C11H11BrO2/c1-7(13)14-11-6-5-8-9(11)3-2-4-10(8)12/h2-4,11H,5-6H2,1H3/t11-/m0/s1. The Morgan fingerprint density at radius 2 is 2.36 bits per heavy atom. The van der Waals surface area contributed by atoms with Crippen molar-refractivity contribution < 1.29 is 9.53 Å². The Hall–Kier alpha value is -0.830. The molecule has 0 unspecified atom stereocenters. The van der Waals surface area contributed by atoms with E-state index in [0.29, 0.717) is 0 Å². The summed E-state index contributed by atoms with van der Waals surface area (Å²) in [6.07, 6.45) is 1.84. The summed E-state index contributed by atoms with van der Waals surface area (Å²) in [5, 5.41) is 0. The molecule has 0 amide bonds. The van der Waals surface area contributed by atoms with E-state index in [4.69, 9.17) is 4.74 Å². The summed E-state index contributed by atoms with van der Waals surface area (Å²) in [5.74, 6) is -0.206. The van der Waals surface area contributed by atoms with E-state index < -0.39 is 0 Å². The number of carbonyl (C=O) groups is 1. The van der Waals surface area contributed by atoms with E-state index >= 15 is 0 Å². The number of benzene rings is 1. The van der Waals surface area contributed by atoms with Crippen molar-refractivity contribution in [3.63, 3.8) is 0 Å². The molecule has 0 fully saturated rings. The number of carbonyl (C=O) groups excluding carboxylic acids is 1. The van der Waals surface area contributed by atoms with Gasteiger partial charge < -0.3 is 4.74 Å². The van der Waals surface area contributed by atoms with Crippen molar-refractivity contribution >= 4 is 21.9 Å². The maximum atomic E-state index is 10.9. The molecule has 14 heavy (non-hydrogen) atoms. The van der Waals surface area contributed by atoms with Crippen LogP contribution in [-0.4, -0.2) is 5.97 Å². The fraction of sp³-hybridized carbons (Fsp3) is 0.364. The normalized spacial score (nSPS) is 19.1. The Bertz CT molecular complexity index is 374. The smallest absolute Gasteiger partial charge is 0.303 e. The molecule has 0 aliphatic heterocycles. The maximum Gasteiger partial charge on any atom is 0.303 e. The van der Waals surface area contributed by atoms with Crippen LogP contribution in [0.25, 0.3) is 0 Å². The number of ether oxygens (including phenoxy) is 1. The van der Waals surface area contributed by atoms with Gasteiger partial charge in [0.15, 0.2) is 0 Å². The highest BCUT2D eigenvalue weighted by Crippen LogP contribution is 2.37. The third kappa shape index (κ3) is 1.69. The minimum Gasteiger partial charge on any atom is -0.458 e. The molecular formula is C11H11BrO2. The summed E-state index contributed by atoms with van der Waals surface area (Å²) < 4.78 is 6.35. The van der Waals surface area contributed by atoms with Crippen LogP contribution in [0.2, 0.25) is 0 Å². The molecule has 0 saturated carbocycles. The Balaban J connectivity index is 2.30. The first-order valence-electron chi connectivity index (χ1n) is 4.63. The predicted octanol–water partition coefficient (Wildman–Crippen LogP) is 3.00. The molecule has 1 aliphatic carbocycles. The van der Waals surface area contributed by atoms with Gasteiger partial charge in [0, 0.05) is 11.4 Å². The van der Waals surface area contributed by atoms with Gasteiger partial charge in [-0.15, -0.1) is 0 Å². The summed E-state index contributed by atoms with van der Waals surface area (Å²) in [4.78, 5) is 10.9. The van der Waals surface area contributed by atoms with Gasteiger partial charge in [-0.2, -0.15) is 0 Å². The molecule has 3 heteroatoms. The highest BCUT2D eigenvalue weighted by Gasteiger charge is 2.25. The number of fused-ring (bicyclic) bond motifs is 1. The molecule has 0 spiro atoms. The second kappa shape index (κ2) is 3.73. The number of esters is 1. The third-order valence-electron chi connectivity index (χ3n) is 2.47. The minimum absolute atomic E-state index is 0.0417. The van der Waals surface area contributed by atoms with Gasteiger partial charge in [-0.05, 0) is 30.0 Å². The molecule has 1 atom stereocenters. The van der Waals surface area contributed by atoms with Crippen LogP contribution in [0.3, 0.4) is 0 Å². The van der Waals surface area contributed by atoms with Crippen LogP contribution in [0.15, 0.2) is 22.7 Å². The highest BCUT2D eigenvalue weighted by atomic mass is 79.9. The number of rotatable bonds is 1. The summed E-state index contributed by atoms with van der Waals surface area (Å²) >= 11 is 3.50. The van der Waals surface area contributed by atoms with Gasteiger partial charge in [-0.3, -0.25) is 4.79 Å². The van der Waals surface area contributed by atoms with Gasteiger partial charge in [-0.1, -0.05) is 28.1 Å². The Kier molecular flexibility index (Phi) is 2.59. The van der Waals surface area contributed by atoms with Crippen molar-refractivity contribution in [1.29, 1.82) is 0 Å². The molecule has 0 N–H and O–H groups in total. The van der Waals surface area contributed by atoms with E-state index in [0.717, 1.165) is 22.9 Å². The summed E-state index contributed by atoms with van der Waals surface area (Å²) in [5.41, 5.74) is 2.42. The zero-order chi connectivity index (χ0) is 10.1. The molecule has 0 radical (unpaired) electrons. The minimum atomic E-state index is -0.206.